The molecule has 0 N–H and O–H groups in total. The third kappa shape index (κ3) is 1.95. The van der Waals surface area contributed by atoms with Gasteiger partial charge in [-0.3, -0.25) is 0 Å². The van der Waals surface area contributed by atoms with Crippen molar-refractivity contribution in [2.45, 2.75) is 9.64 Å². The summed E-state index contributed by atoms with van der Waals surface area (Å²) in [5.74, 6) is 0. The predicted molar refractivity (Wildman–Crippen MR) is 59.2 cm³/mol. The van der Waals surface area contributed by atoms with E-state index in [9.17, 15) is 0 Å². The maximum absolute atomic E-state index is 8.99. The Kier molecular flexibility index (Phi) is 2.82. The molecule has 0 atom stereocenters. The average Bonchev–Trinajstić information content (AvgIpc) is 2.15. The lowest BCUT2D eigenvalue weighted by molar-refractivity contribution is 0.0161. The Bertz CT molecular complexity index is 367. The molecule has 2 rings (SSSR count). The normalized spacial score (nSPS) is 18.3. The van der Waals surface area contributed by atoms with Crippen LogP contribution >= 0.6 is 27.7 Å². The molecule has 0 unspecified atom stereocenters. The van der Waals surface area contributed by atoms with Crippen LogP contribution < -0.4 is 0 Å². The summed E-state index contributed by atoms with van der Waals surface area (Å²) in [4.78, 5) is 1.11. The summed E-state index contributed by atoms with van der Waals surface area (Å²) in [6, 6.07) is 10.3. The molecule has 0 spiro atoms. The van der Waals surface area contributed by atoms with E-state index in [0.717, 1.165) is 9.37 Å². The summed E-state index contributed by atoms with van der Waals surface area (Å²) in [5, 5.41) is 8.99. The van der Waals surface area contributed by atoms with Crippen molar-refractivity contribution in [3.05, 3.63) is 28.7 Å². The van der Waals surface area contributed by atoms with Crippen LogP contribution in [0.2, 0.25) is 0 Å². The fraction of sp³-hybridized carbons (Fsp3) is 0.300. The lowest BCUT2D eigenvalue weighted by atomic mass is 10.1. The second-order valence-corrected chi connectivity index (χ2v) is 5.53. The van der Waals surface area contributed by atoms with E-state index in [1.54, 1.807) is 11.8 Å². The highest BCUT2D eigenvalue weighted by Gasteiger charge is 2.40. The molecule has 0 bridgehead atoms. The van der Waals surface area contributed by atoms with Crippen LogP contribution in [0, 0.1) is 11.3 Å². The number of hydrogen-bond acceptors (Lipinski definition) is 3. The zero-order valence-corrected chi connectivity index (χ0v) is 9.77. The number of hydrogen-bond donors (Lipinski definition) is 0. The van der Waals surface area contributed by atoms with Crippen molar-refractivity contribution in [1.29, 1.82) is 5.26 Å². The van der Waals surface area contributed by atoms with Gasteiger partial charge in [0.15, 0.2) is 4.75 Å². The third-order valence-corrected chi connectivity index (χ3v) is 3.76. The first kappa shape index (κ1) is 10.0. The Hall–Kier alpha value is -0.500. The van der Waals surface area contributed by atoms with E-state index in [-0.39, 0.29) is 4.75 Å². The molecule has 1 aromatic rings. The predicted octanol–water partition coefficient (Wildman–Crippen LogP) is 2.83. The van der Waals surface area contributed by atoms with Gasteiger partial charge in [-0.05, 0) is 24.3 Å². The molecule has 0 radical (unpaired) electrons. The monoisotopic (exact) mass is 269 g/mol. The minimum atomic E-state index is -0.353. The molecule has 1 fully saturated rings. The van der Waals surface area contributed by atoms with Crippen LogP contribution in [0.4, 0.5) is 0 Å². The molecular weight excluding hydrogens is 262 g/mol. The Labute approximate surface area is 95.4 Å². The van der Waals surface area contributed by atoms with Gasteiger partial charge in [-0.1, -0.05) is 27.7 Å². The molecule has 72 valence electrons. The van der Waals surface area contributed by atoms with E-state index in [1.807, 2.05) is 24.3 Å². The van der Waals surface area contributed by atoms with Gasteiger partial charge in [-0.2, -0.15) is 5.26 Å². The molecule has 0 saturated carbocycles. The number of nitrogens with zero attached hydrogens (tertiary/aromatic N) is 1. The first-order valence-electron chi connectivity index (χ1n) is 4.18. The molecule has 1 saturated heterocycles. The summed E-state index contributed by atoms with van der Waals surface area (Å²) < 4.78 is 5.77. The van der Waals surface area contributed by atoms with Gasteiger partial charge in [0.25, 0.3) is 0 Å². The number of ether oxygens (including phenoxy) is 1. The highest BCUT2D eigenvalue weighted by atomic mass is 79.9. The Morgan fingerprint density at radius 1 is 1.36 bits per heavy atom. The number of benzene rings is 1. The third-order valence-electron chi connectivity index (χ3n) is 2.00. The zero-order valence-electron chi connectivity index (χ0n) is 7.37. The summed E-state index contributed by atoms with van der Waals surface area (Å²) in [6.45, 7) is 1.06. The van der Waals surface area contributed by atoms with E-state index in [4.69, 9.17) is 10.00 Å². The largest absolute Gasteiger partial charge is 0.376 e. The van der Waals surface area contributed by atoms with Gasteiger partial charge in [0, 0.05) is 9.37 Å². The topological polar surface area (TPSA) is 33.0 Å². The van der Waals surface area contributed by atoms with Gasteiger partial charge in [0.1, 0.15) is 0 Å². The van der Waals surface area contributed by atoms with Crippen LogP contribution in [0.5, 0.6) is 0 Å². The molecule has 14 heavy (non-hydrogen) atoms. The van der Waals surface area contributed by atoms with Crippen molar-refractivity contribution >= 4 is 27.7 Å². The molecule has 1 aliphatic heterocycles. The zero-order chi connectivity index (χ0) is 10.0. The maximum atomic E-state index is 8.99. The van der Waals surface area contributed by atoms with Crippen LogP contribution in [0.1, 0.15) is 0 Å². The van der Waals surface area contributed by atoms with Crippen LogP contribution in [0.25, 0.3) is 0 Å². The first-order valence-corrected chi connectivity index (χ1v) is 5.79. The van der Waals surface area contributed by atoms with Gasteiger partial charge in [-0.25, -0.2) is 0 Å². The van der Waals surface area contributed by atoms with E-state index in [2.05, 4.69) is 22.0 Å². The van der Waals surface area contributed by atoms with Gasteiger partial charge < -0.3 is 4.74 Å². The fourth-order valence-corrected chi connectivity index (χ4v) is 2.48. The van der Waals surface area contributed by atoms with E-state index in [1.165, 1.54) is 0 Å². The second-order valence-electron chi connectivity index (χ2n) is 3.15. The quantitative estimate of drug-likeness (QED) is 0.828. The van der Waals surface area contributed by atoms with Crippen molar-refractivity contribution in [1.82, 2.24) is 0 Å². The average molecular weight is 270 g/mol. The standard InChI is InChI=1S/C10H8BrNOS/c11-8-1-3-9(4-2-8)14-10(5-12)6-13-7-10/h1-4H,6-7H2. The Morgan fingerprint density at radius 2 is 2.00 bits per heavy atom. The summed E-state index contributed by atoms with van der Waals surface area (Å²) >= 11 is 4.95. The first-order chi connectivity index (χ1) is 6.74. The molecule has 0 aromatic heterocycles. The minimum Gasteiger partial charge on any atom is -0.376 e. The van der Waals surface area contributed by atoms with Gasteiger partial charge >= 0.3 is 0 Å². The van der Waals surface area contributed by atoms with Crippen molar-refractivity contribution < 1.29 is 4.74 Å². The van der Waals surface area contributed by atoms with Gasteiger partial charge in [0.05, 0.1) is 19.3 Å². The number of rotatable bonds is 2. The fourth-order valence-electron chi connectivity index (χ4n) is 1.16. The maximum Gasteiger partial charge on any atom is 0.153 e. The van der Waals surface area contributed by atoms with Crippen molar-refractivity contribution in [2.24, 2.45) is 0 Å². The van der Waals surface area contributed by atoms with Crippen molar-refractivity contribution in [3.8, 4) is 6.07 Å². The van der Waals surface area contributed by atoms with Crippen molar-refractivity contribution in [3.63, 3.8) is 0 Å². The SMILES string of the molecule is N#CC1(Sc2ccc(Br)cc2)COC1. The van der Waals surface area contributed by atoms with E-state index in [0.29, 0.717) is 13.2 Å². The number of nitriles is 1. The van der Waals surface area contributed by atoms with Gasteiger partial charge in [0.2, 0.25) is 0 Å². The molecule has 4 heteroatoms. The lowest BCUT2D eigenvalue weighted by Gasteiger charge is -2.34. The van der Waals surface area contributed by atoms with Crippen LogP contribution in [-0.2, 0) is 4.74 Å². The van der Waals surface area contributed by atoms with Crippen molar-refractivity contribution in [2.75, 3.05) is 13.2 Å². The number of halogens is 1. The molecule has 0 aliphatic carbocycles. The molecule has 1 aromatic carbocycles. The molecule has 2 nitrogen and oxygen atoms in total. The molecule has 0 amide bonds. The smallest absolute Gasteiger partial charge is 0.153 e. The highest BCUT2D eigenvalue weighted by Crippen LogP contribution is 2.38. The minimum absolute atomic E-state index is 0.353. The van der Waals surface area contributed by atoms with Crippen LogP contribution in [0.3, 0.4) is 0 Å². The van der Waals surface area contributed by atoms with Crippen LogP contribution in [0.15, 0.2) is 33.6 Å². The van der Waals surface area contributed by atoms with E-state index >= 15 is 0 Å². The lowest BCUT2D eigenvalue weighted by Crippen LogP contribution is -2.45. The van der Waals surface area contributed by atoms with Gasteiger partial charge in [-0.15, -0.1) is 0 Å². The summed E-state index contributed by atoms with van der Waals surface area (Å²) in [6.07, 6.45) is 0. The van der Waals surface area contributed by atoms with Crippen LogP contribution in [-0.4, -0.2) is 18.0 Å². The second kappa shape index (κ2) is 3.93. The van der Waals surface area contributed by atoms with E-state index < -0.39 is 0 Å². The Morgan fingerprint density at radius 3 is 2.43 bits per heavy atom. The molecule has 1 aliphatic rings. The summed E-state index contributed by atoms with van der Waals surface area (Å²) in [7, 11) is 0. The number of thioether (sulfide) groups is 1. The Balaban J connectivity index is 2.11. The highest BCUT2D eigenvalue weighted by molar-refractivity contribution is 9.10. The molecule has 1 heterocycles. The molecular formula is C10H8BrNOS. The summed E-state index contributed by atoms with van der Waals surface area (Å²) in [5.41, 5.74) is 0.